The molecule has 5 rings (SSSR count). The van der Waals surface area contributed by atoms with Crippen molar-refractivity contribution >= 4 is 46.1 Å². The molecule has 0 spiro atoms. The van der Waals surface area contributed by atoms with E-state index in [0.717, 1.165) is 49.3 Å². The van der Waals surface area contributed by atoms with E-state index in [0.29, 0.717) is 51.2 Å². The average Bonchev–Trinajstić information content (AvgIpc) is 3.48. The van der Waals surface area contributed by atoms with E-state index in [1.807, 2.05) is 31.2 Å². The van der Waals surface area contributed by atoms with Crippen molar-refractivity contribution in [2.45, 2.75) is 60.0 Å². The first-order valence-corrected chi connectivity index (χ1v) is 15.0. The van der Waals surface area contributed by atoms with Gasteiger partial charge >= 0.3 is 0 Å². The standard InChI is InChI=1S/C30H34N4O4S2/c1-5-6-9-33-27(32-14-18(2)10-19(3)15-32)22(20(4)23(13-31)28(33)35)12-26-29(36)34(30(39)40-26)16-21-7-8-24-25(11-21)38-17-37-24/h7-8,11-12,18-19H,5-6,9-10,14-17H2,1-4H3/b26-12-. The molecule has 210 valence electrons. The number of thioether (sulfide) groups is 1. The van der Waals surface area contributed by atoms with Gasteiger partial charge in [-0.15, -0.1) is 0 Å². The van der Waals surface area contributed by atoms with E-state index in [1.165, 1.54) is 11.8 Å². The van der Waals surface area contributed by atoms with Gasteiger partial charge in [0, 0.05) is 25.2 Å². The van der Waals surface area contributed by atoms with Crippen molar-refractivity contribution in [2.75, 3.05) is 24.8 Å². The second-order valence-electron chi connectivity index (χ2n) is 11.0. The molecule has 3 aliphatic rings. The molecule has 2 aromatic rings. The van der Waals surface area contributed by atoms with E-state index < -0.39 is 0 Å². The Morgan fingerprint density at radius 2 is 1.90 bits per heavy atom. The molecular weight excluding hydrogens is 544 g/mol. The zero-order valence-electron chi connectivity index (χ0n) is 23.4. The van der Waals surface area contributed by atoms with Crippen molar-refractivity contribution in [3.63, 3.8) is 0 Å². The summed E-state index contributed by atoms with van der Waals surface area (Å²) in [7, 11) is 0. The number of fused-ring (bicyclic) bond motifs is 1. The van der Waals surface area contributed by atoms with Gasteiger partial charge in [0.05, 0.1) is 11.4 Å². The Labute approximate surface area is 244 Å². The summed E-state index contributed by atoms with van der Waals surface area (Å²) in [6.45, 7) is 11.0. The van der Waals surface area contributed by atoms with Crippen LogP contribution >= 0.6 is 24.0 Å². The number of thiocarbonyl (C=S) groups is 1. The van der Waals surface area contributed by atoms with E-state index in [9.17, 15) is 14.9 Å². The molecule has 1 aromatic heterocycles. The van der Waals surface area contributed by atoms with Crippen LogP contribution in [0.4, 0.5) is 5.82 Å². The van der Waals surface area contributed by atoms with Gasteiger partial charge in [0.2, 0.25) is 6.79 Å². The molecule has 0 aliphatic carbocycles. The normalized spacial score (nSPS) is 21.4. The van der Waals surface area contributed by atoms with Gasteiger partial charge < -0.3 is 14.4 Å². The highest BCUT2D eigenvalue weighted by Gasteiger charge is 2.34. The Balaban J connectivity index is 1.57. The van der Waals surface area contributed by atoms with Crippen molar-refractivity contribution in [1.82, 2.24) is 9.47 Å². The highest BCUT2D eigenvalue weighted by atomic mass is 32.2. The Kier molecular flexibility index (Phi) is 8.24. The molecule has 0 N–H and O–H groups in total. The second-order valence-corrected chi connectivity index (χ2v) is 12.6. The summed E-state index contributed by atoms with van der Waals surface area (Å²) in [4.78, 5) is 31.6. The van der Waals surface area contributed by atoms with Gasteiger partial charge in [0.1, 0.15) is 21.8 Å². The third kappa shape index (κ3) is 5.37. The quantitative estimate of drug-likeness (QED) is 0.317. The maximum absolute atomic E-state index is 13.7. The number of hydrogen-bond donors (Lipinski definition) is 0. The van der Waals surface area contributed by atoms with Crippen LogP contribution in [0.25, 0.3) is 6.08 Å². The number of nitrogens with zero attached hydrogens (tertiary/aromatic N) is 4. The third-order valence-electron chi connectivity index (χ3n) is 7.68. The van der Waals surface area contributed by atoms with Gasteiger partial charge in [-0.05, 0) is 60.9 Å². The molecule has 0 saturated carbocycles. The number of ether oxygens (including phenoxy) is 2. The minimum absolute atomic E-state index is 0.125. The molecule has 2 atom stereocenters. The highest BCUT2D eigenvalue weighted by molar-refractivity contribution is 8.26. The molecule has 0 bridgehead atoms. The van der Waals surface area contributed by atoms with Crippen LogP contribution in [-0.2, 0) is 17.9 Å². The molecule has 3 aliphatic heterocycles. The van der Waals surface area contributed by atoms with Crippen molar-refractivity contribution in [1.29, 1.82) is 5.26 Å². The monoisotopic (exact) mass is 578 g/mol. The number of carbonyl (C=O) groups is 1. The largest absolute Gasteiger partial charge is 0.454 e. The number of hydrogen-bond acceptors (Lipinski definition) is 8. The van der Waals surface area contributed by atoms with E-state index in [4.69, 9.17) is 21.7 Å². The Morgan fingerprint density at radius 3 is 2.60 bits per heavy atom. The van der Waals surface area contributed by atoms with Crippen molar-refractivity contribution in [3.05, 3.63) is 55.7 Å². The van der Waals surface area contributed by atoms with Gasteiger partial charge in [-0.25, -0.2) is 0 Å². The number of rotatable bonds is 7. The minimum Gasteiger partial charge on any atom is -0.454 e. The van der Waals surface area contributed by atoms with Crippen LogP contribution in [0.1, 0.15) is 62.3 Å². The zero-order chi connectivity index (χ0) is 28.6. The van der Waals surface area contributed by atoms with Crippen LogP contribution in [0.3, 0.4) is 0 Å². The maximum atomic E-state index is 13.7. The van der Waals surface area contributed by atoms with Gasteiger partial charge in [-0.1, -0.05) is 57.2 Å². The van der Waals surface area contributed by atoms with Gasteiger partial charge in [-0.3, -0.25) is 19.1 Å². The van der Waals surface area contributed by atoms with Crippen LogP contribution < -0.4 is 19.9 Å². The van der Waals surface area contributed by atoms with Gasteiger partial charge in [0.15, 0.2) is 11.5 Å². The van der Waals surface area contributed by atoms with Crippen molar-refractivity contribution < 1.29 is 14.3 Å². The van der Waals surface area contributed by atoms with Gasteiger partial charge in [0.25, 0.3) is 11.5 Å². The summed E-state index contributed by atoms with van der Waals surface area (Å²) in [5.41, 5.74) is 2.09. The first-order valence-electron chi connectivity index (χ1n) is 13.8. The first kappa shape index (κ1) is 28.2. The van der Waals surface area contributed by atoms with Gasteiger partial charge in [-0.2, -0.15) is 5.26 Å². The molecule has 4 heterocycles. The second kappa shape index (κ2) is 11.7. The van der Waals surface area contributed by atoms with Crippen LogP contribution in [-0.4, -0.2) is 39.6 Å². The van der Waals surface area contributed by atoms with Crippen LogP contribution in [0.5, 0.6) is 11.5 Å². The molecule has 2 unspecified atom stereocenters. The number of aromatic nitrogens is 1. The molecule has 1 aromatic carbocycles. The lowest BCUT2D eigenvalue weighted by molar-refractivity contribution is -0.122. The number of benzene rings is 1. The summed E-state index contributed by atoms with van der Waals surface area (Å²) in [6, 6.07) is 7.75. The molecular formula is C30H34N4O4S2. The topological polar surface area (TPSA) is 87.8 Å². The Hall–Kier alpha value is -3.29. The summed E-state index contributed by atoms with van der Waals surface area (Å²) in [6.07, 6.45) is 4.70. The summed E-state index contributed by atoms with van der Waals surface area (Å²) >= 11 is 6.89. The fraction of sp³-hybridized carbons (Fsp3) is 0.467. The highest BCUT2D eigenvalue weighted by Crippen LogP contribution is 2.39. The van der Waals surface area contributed by atoms with E-state index in [2.05, 4.69) is 31.7 Å². The molecule has 40 heavy (non-hydrogen) atoms. The predicted molar refractivity (Wildman–Crippen MR) is 162 cm³/mol. The Bertz CT molecular complexity index is 1480. The molecule has 2 saturated heterocycles. The van der Waals surface area contributed by atoms with Crippen molar-refractivity contribution in [3.8, 4) is 17.6 Å². The third-order valence-corrected chi connectivity index (χ3v) is 9.05. The lowest BCUT2D eigenvalue weighted by Crippen LogP contribution is -2.43. The summed E-state index contributed by atoms with van der Waals surface area (Å²) in [5, 5.41) is 9.97. The van der Waals surface area contributed by atoms with Crippen LogP contribution in [0, 0.1) is 30.1 Å². The molecule has 10 heteroatoms. The molecule has 8 nitrogen and oxygen atoms in total. The van der Waals surface area contributed by atoms with Crippen LogP contribution in [0.15, 0.2) is 27.9 Å². The molecule has 2 fully saturated rings. The van der Waals surface area contributed by atoms with E-state index >= 15 is 0 Å². The Morgan fingerprint density at radius 1 is 1.18 bits per heavy atom. The lowest BCUT2D eigenvalue weighted by atomic mass is 9.91. The first-order chi connectivity index (χ1) is 19.2. The summed E-state index contributed by atoms with van der Waals surface area (Å²) < 4.78 is 13.1. The fourth-order valence-corrected chi connectivity index (χ4v) is 7.07. The number of amides is 1. The SMILES string of the molecule is CCCCn1c(N2CC(C)CC(C)C2)c(/C=C2\SC(=S)N(Cc3ccc4c(c3)OCO4)C2=O)c(C)c(C#N)c1=O. The minimum atomic E-state index is -0.262. The van der Waals surface area contributed by atoms with E-state index in [-0.39, 0.29) is 23.8 Å². The number of anilines is 1. The number of nitriles is 1. The number of piperidine rings is 1. The molecule has 1 amide bonds. The number of carbonyl (C=O) groups excluding carboxylic acids is 1. The fourth-order valence-electron chi connectivity index (χ4n) is 5.83. The zero-order valence-corrected chi connectivity index (χ0v) is 25.0. The van der Waals surface area contributed by atoms with Crippen LogP contribution in [0.2, 0.25) is 0 Å². The average molecular weight is 579 g/mol. The maximum Gasteiger partial charge on any atom is 0.270 e. The number of unbranched alkanes of at least 4 members (excludes halogenated alkanes) is 1. The molecule has 0 radical (unpaired) electrons. The summed E-state index contributed by atoms with van der Waals surface area (Å²) in [5.74, 6) is 2.87. The van der Waals surface area contributed by atoms with Crippen molar-refractivity contribution in [2.24, 2.45) is 11.8 Å². The lowest BCUT2D eigenvalue weighted by Gasteiger charge is -2.39. The predicted octanol–water partition coefficient (Wildman–Crippen LogP) is 5.44. The number of pyridine rings is 1. The van der Waals surface area contributed by atoms with E-state index in [1.54, 1.807) is 9.47 Å². The smallest absolute Gasteiger partial charge is 0.270 e.